The van der Waals surface area contributed by atoms with Crippen molar-refractivity contribution < 1.29 is 13.2 Å². The van der Waals surface area contributed by atoms with E-state index < -0.39 is 15.9 Å². The molecule has 0 atom stereocenters. The largest absolute Gasteiger partial charge is 0.304 e. The standard InChI is InChI=1S/C13H16N4O3S/c1-8-5-4-6-10(9(8)2)13(18)15-12-11(21(14,19)20)7-17(3)16-12/h4-7H,1-3H3,(H2,14,19,20)(H,15,16,18). The van der Waals surface area contributed by atoms with Crippen molar-refractivity contribution in [2.24, 2.45) is 12.2 Å². The lowest BCUT2D eigenvalue weighted by Gasteiger charge is -2.08. The van der Waals surface area contributed by atoms with Gasteiger partial charge < -0.3 is 5.32 Å². The Morgan fingerprint density at radius 3 is 2.62 bits per heavy atom. The van der Waals surface area contributed by atoms with Gasteiger partial charge in [-0.3, -0.25) is 9.48 Å². The second-order valence-corrected chi connectivity index (χ2v) is 6.29. The first-order valence-corrected chi connectivity index (χ1v) is 7.69. The molecule has 0 radical (unpaired) electrons. The van der Waals surface area contributed by atoms with Crippen LogP contribution in [0.3, 0.4) is 0 Å². The zero-order valence-electron chi connectivity index (χ0n) is 11.9. The van der Waals surface area contributed by atoms with Gasteiger partial charge in [0.15, 0.2) is 5.82 Å². The van der Waals surface area contributed by atoms with Gasteiger partial charge in [-0.15, -0.1) is 0 Å². The minimum absolute atomic E-state index is 0.0779. The molecule has 0 unspecified atom stereocenters. The molecule has 3 N–H and O–H groups in total. The Hall–Kier alpha value is -2.19. The Balaban J connectivity index is 2.39. The van der Waals surface area contributed by atoms with E-state index >= 15 is 0 Å². The van der Waals surface area contributed by atoms with Gasteiger partial charge in [0.25, 0.3) is 5.91 Å². The number of sulfonamides is 1. The smallest absolute Gasteiger partial charge is 0.257 e. The molecule has 8 heteroatoms. The lowest BCUT2D eigenvalue weighted by molar-refractivity contribution is 0.102. The van der Waals surface area contributed by atoms with Gasteiger partial charge in [-0.1, -0.05) is 12.1 Å². The summed E-state index contributed by atoms with van der Waals surface area (Å²) in [6.07, 6.45) is 1.24. The summed E-state index contributed by atoms with van der Waals surface area (Å²) < 4.78 is 24.2. The molecule has 1 heterocycles. The van der Waals surface area contributed by atoms with Gasteiger partial charge in [0.05, 0.1) is 0 Å². The number of nitrogens with zero attached hydrogens (tertiary/aromatic N) is 2. The van der Waals surface area contributed by atoms with E-state index in [0.717, 1.165) is 11.1 Å². The molecule has 0 aliphatic carbocycles. The monoisotopic (exact) mass is 308 g/mol. The van der Waals surface area contributed by atoms with Crippen molar-refractivity contribution in [3.8, 4) is 0 Å². The number of aryl methyl sites for hydroxylation is 2. The van der Waals surface area contributed by atoms with E-state index in [-0.39, 0.29) is 10.7 Å². The van der Waals surface area contributed by atoms with Crippen molar-refractivity contribution in [3.63, 3.8) is 0 Å². The molecule has 1 aromatic heterocycles. The first kappa shape index (κ1) is 15.2. The number of anilines is 1. The van der Waals surface area contributed by atoms with Crippen LogP contribution in [0.4, 0.5) is 5.82 Å². The van der Waals surface area contributed by atoms with Crippen LogP contribution in [0.25, 0.3) is 0 Å². The molecule has 7 nitrogen and oxygen atoms in total. The molecule has 21 heavy (non-hydrogen) atoms. The fourth-order valence-corrected chi connectivity index (χ4v) is 2.59. The number of carbonyl (C=O) groups is 1. The van der Waals surface area contributed by atoms with Crippen molar-refractivity contribution in [3.05, 3.63) is 41.1 Å². The van der Waals surface area contributed by atoms with Crippen molar-refractivity contribution in [1.82, 2.24) is 9.78 Å². The van der Waals surface area contributed by atoms with Crippen molar-refractivity contribution in [2.75, 3.05) is 5.32 Å². The molecule has 0 saturated carbocycles. The number of carbonyl (C=O) groups excluding carboxylic acids is 1. The van der Waals surface area contributed by atoms with Gasteiger partial charge in [0, 0.05) is 18.8 Å². The molecule has 112 valence electrons. The predicted molar refractivity (Wildman–Crippen MR) is 78.5 cm³/mol. The predicted octanol–water partition coefficient (Wildman–Crippen LogP) is 0.937. The molecule has 0 saturated heterocycles. The number of nitrogens with one attached hydrogen (secondary N) is 1. The number of hydrogen-bond acceptors (Lipinski definition) is 4. The van der Waals surface area contributed by atoms with Gasteiger partial charge in [-0.05, 0) is 31.0 Å². The summed E-state index contributed by atoms with van der Waals surface area (Å²) in [4.78, 5) is 12.1. The van der Waals surface area contributed by atoms with Gasteiger partial charge in [-0.25, -0.2) is 13.6 Å². The number of primary sulfonamides is 1. The third-order valence-electron chi connectivity index (χ3n) is 3.18. The van der Waals surface area contributed by atoms with E-state index in [4.69, 9.17) is 5.14 Å². The third kappa shape index (κ3) is 3.11. The summed E-state index contributed by atoms with van der Waals surface area (Å²) in [5, 5.41) is 11.5. The highest BCUT2D eigenvalue weighted by molar-refractivity contribution is 7.89. The van der Waals surface area contributed by atoms with Crippen molar-refractivity contribution >= 4 is 21.7 Å². The Morgan fingerprint density at radius 2 is 2.00 bits per heavy atom. The van der Waals surface area contributed by atoms with Crippen LogP contribution in [0.1, 0.15) is 21.5 Å². The van der Waals surface area contributed by atoms with E-state index in [0.29, 0.717) is 5.56 Å². The van der Waals surface area contributed by atoms with Crippen LogP contribution in [0.5, 0.6) is 0 Å². The molecule has 0 aliphatic heterocycles. The maximum absolute atomic E-state index is 12.3. The number of hydrogen-bond donors (Lipinski definition) is 2. The van der Waals surface area contributed by atoms with Crippen molar-refractivity contribution in [2.45, 2.75) is 18.7 Å². The Kier molecular flexibility index (Phi) is 3.84. The molecular formula is C13H16N4O3S. The molecule has 0 spiro atoms. The summed E-state index contributed by atoms with van der Waals surface area (Å²) in [6, 6.07) is 5.32. The Bertz CT molecular complexity index is 809. The molecule has 0 aliphatic rings. The first-order chi connectivity index (χ1) is 9.70. The van der Waals surface area contributed by atoms with Crippen LogP contribution < -0.4 is 10.5 Å². The summed E-state index contributed by atoms with van der Waals surface area (Å²) in [5.74, 6) is -0.509. The van der Waals surface area contributed by atoms with Crippen LogP contribution in [0.15, 0.2) is 29.3 Å². The second kappa shape index (κ2) is 5.30. The summed E-state index contributed by atoms with van der Waals surface area (Å²) in [7, 11) is -2.41. The number of rotatable bonds is 3. The summed E-state index contributed by atoms with van der Waals surface area (Å²) in [6.45, 7) is 3.71. The minimum Gasteiger partial charge on any atom is -0.304 e. The number of nitrogens with two attached hydrogens (primary N) is 1. The molecule has 2 aromatic rings. The third-order valence-corrected chi connectivity index (χ3v) is 4.09. The highest BCUT2D eigenvalue weighted by Crippen LogP contribution is 2.20. The van der Waals surface area contributed by atoms with Gasteiger partial charge in [-0.2, -0.15) is 5.10 Å². The lowest BCUT2D eigenvalue weighted by atomic mass is 10.0. The highest BCUT2D eigenvalue weighted by atomic mass is 32.2. The van der Waals surface area contributed by atoms with E-state index in [1.54, 1.807) is 19.2 Å². The van der Waals surface area contributed by atoms with Crippen LogP contribution in [-0.4, -0.2) is 24.1 Å². The molecule has 1 aromatic carbocycles. The quantitative estimate of drug-likeness (QED) is 0.879. The molecule has 0 fully saturated rings. The number of aromatic nitrogens is 2. The van der Waals surface area contributed by atoms with Gasteiger partial charge >= 0.3 is 0 Å². The molecular weight excluding hydrogens is 292 g/mol. The summed E-state index contributed by atoms with van der Waals surface area (Å²) in [5.41, 5.74) is 2.25. The maximum atomic E-state index is 12.3. The SMILES string of the molecule is Cc1cccc(C(=O)Nc2nn(C)cc2S(N)(=O)=O)c1C. The maximum Gasteiger partial charge on any atom is 0.257 e. The fourth-order valence-electron chi connectivity index (χ4n) is 1.93. The average molecular weight is 308 g/mol. The lowest BCUT2D eigenvalue weighted by Crippen LogP contribution is -2.18. The van der Waals surface area contributed by atoms with E-state index in [1.807, 2.05) is 19.9 Å². The van der Waals surface area contributed by atoms with Crippen molar-refractivity contribution in [1.29, 1.82) is 0 Å². The Labute approximate surface area is 122 Å². The van der Waals surface area contributed by atoms with Gasteiger partial charge in [0.2, 0.25) is 10.0 Å². The molecule has 1 amide bonds. The highest BCUT2D eigenvalue weighted by Gasteiger charge is 2.21. The van der Waals surface area contributed by atoms with Crippen LogP contribution in [-0.2, 0) is 17.1 Å². The number of amides is 1. The average Bonchev–Trinajstić information content (AvgIpc) is 2.73. The summed E-state index contributed by atoms with van der Waals surface area (Å²) >= 11 is 0. The van der Waals surface area contributed by atoms with Crippen LogP contribution >= 0.6 is 0 Å². The minimum atomic E-state index is -3.96. The van der Waals surface area contributed by atoms with Crippen LogP contribution in [0, 0.1) is 13.8 Å². The second-order valence-electron chi connectivity index (χ2n) is 4.76. The topological polar surface area (TPSA) is 107 Å². The van der Waals surface area contributed by atoms with Gasteiger partial charge in [0.1, 0.15) is 4.90 Å². The molecule has 0 bridgehead atoms. The van der Waals surface area contributed by atoms with E-state index in [1.165, 1.54) is 10.9 Å². The zero-order chi connectivity index (χ0) is 15.8. The van der Waals surface area contributed by atoms with E-state index in [9.17, 15) is 13.2 Å². The normalized spacial score (nSPS) is 11.4. The Morgan fingerprint density at radius 1 is 1.33 bits per heavy atom. The fraction of sp³-hybridized carbons (Fsp3) is 0.231. The molecule has 2 rings (SSSR count). The zero-order valence-corrected chi connectivity index (χ0v) is 12.7. The van der Waals surface area contributed by atoms with Crippen LogP contribution in [0.2, 0.25) is 0 Å². The van der Waals surface area contributed by atoms with E-state index in [2.05, 4.69) is 10.4 Å². The number of benzene rings is 1. The first-order valence-electron chi connectivity index (χ1n) is 6.14.